The number of H-pyrrole nitrogens is 1. The van der Waals surface area contributed by atoms with Gasteiger partial charge in [-0.3, -0.25) is 9.69 Å². The van der Waals surface area contributed by atoms with Crippen molar-refractivity contribution in [2.24, 2.45) is 5.92 Å². The van der Waals surface area contributed by atoms with Crippen LogP contribution in [0.4, 0.5) is 0 Å². The molecule has 0 unspecified atom stereocenters. The van der Waals surface area contributed by atoms with Crippen molar-refractivity contribution in [2.75, 3.05) is 32.8 Å². The number of nitrogens with one attached hydrogen (secondary N) is 1. The third-order valence-corrected chi connectivity index (χ3v) is 4.67. The average Bonchev–Trinajstić information content (AvgIpc) is 3.22. The summed E-state index contributed by atoms with van der Waals surface area (Å²) >= 11 is 0. The smallest absolute Gasteiger partial charge is 0.251 e. The highest BCUT2D eigenvalue weighted by molar-refractivity contribution is 5.80. The van der Waals surface area contributed by atoms with Crippen LogP contribution in [-0.2, 0) is 9.53 Å². The van der Waals surface area contributed by atoms with Gasteiger partial charge in [-0.2, -0.15) is 0 Å². The third kappa shape index (κ3) is 3.50. The first kappa shape index (κ1) is 15.5. The summed E-state index contributed by atoms with van der Waals surface area (Å²) < 4.78 is 5.73. The third-order valence-electron chi connectivity index (χ3n) is 4.67. The quantitative estimate of drug-likeness (QED) is 0.864. The number of piperazine rings is 1. The molecule has 0 bridgehead atoms. The molecule has 22 heavy (non-hydrogen) atoms. The molecular formula is C16H26N4O2. The number of hydrogen-bond acceptors (Lipinski definition) is 4. The Hall–Kier alpha value is -1.40. The van der Waals surface area contributed by atoms with Crippen LogP contribution in [0.1, 0.15) is 38.6 Å². The van der Waals surface area contributed by atoms with Crippen LogP contribution in [0.3, 0.4) is 0 Å². The molecule has 2 heterocycles. The van der Waals surface area contributed by atoms with Crippen molar-refractivity contribution in [1.82, 2.24) is 19.8 Å². The highest BCUT2D eigenvalue weighted by Crippen LogP contribution is 2.29. The number of hydrogen-bond donors (Lipinski definition) is 1. The van der Waals surface area contributed by atoms with Gasteiger partial charge in [0.2, 0.25) is 0 Å². The normalized spacial score (nSPS) is 24.5. The van der Waals surface area contributed by atoms with E-state index in [-0.39, 0.29) is 18.1 Å². The monoisotopic (exact) mass is 306 g/mol. The lowest BCUT2D eigenvalue weighted by Crippen LogP contribution is -2.53. The van der Waals surface area contributed by atoms with Crippen molar-refractivity contribution < 1.29 is 9.53 Å². The van der Waals surface area contributed by atoms with E-state index in [2.05, 4.69) is 21.8 Å². The summed E-state index contributed by atoms with van der Waals surface area (Å²) in [5.41, 5.74) is 0. The molecule has 1 amide bonds. The number of rotatable bonds is 6. The summed E-state index contributed by atoms with van der Waals surface area (Å²) in [5.74, 6) is 1.72. The van der Waals surface area contributed by atoms with Crippen molar-refractivity contribution in [3.63, 3.8) is 0 Å². The van der Waals surface area contributed by atoms with E-state index in [1.807, 2.05) is 18.0 Å². The fourth-order valence-corrected chi connectivity index (χ4v) is 3.01. The lowest BCUT2D eigenvalue weighted by Gasteiger charge is -2.40. The van der Waals surface area contributed by atoms with E-state index in [0.717, 1.165) is 32.1 Å². The van der Waals surface area contributed by atoms with Crippen LogP contribution in [-0.4, -0.2) is 64.6 Å². The van der Waals surface area contributed by atoms with Gasteiger partial charge in [0, 0.05) is 32.0 Å². The molecule has 2 atom stereocenters. The minimum absolute atomic E-state index is 0.105. The molecule has 1 aliphatic carbocycles. The number of amides is 1. The zero-order valence-corrected chi connectivity index (χ0v) is 13.5. The van der Waals surface area contributed by atoms with Gasteiger partial charge in [0.15, 0.2) is 0 Å². The molecule has 2 fully saturated rings. The van der Waals surface area contributed by atoms with Crippen LogP contribution in [0.5, 0.6) is 0 Å². The zero-order valence-electron chi connectivity index (χ0n) is 13.5. The van der Waals surface area contributed by atoms with E-state index >= 15 is 0 Å². The average molecular weight is 306 g/mol. The van der Waals surface area contributed by atoms with E-state index < -0.39 is 0 Å². The van der Waals surface area contributed by atoms with E-state index in [0.29, 0.717) is 12.5 Å². The maximum absolute atomic E-state index is 12.6. The molecule has 2 aliphatic rings. The number of aromatic nitrogens is 2. The molecule has 1 aliphatic heterocycles. The summed E-state index contributed by atoms with van der Waals surface area (Å²) in [6, 6.07) is 0.147. The Kier molecular flexibility index (Phi) is 4.78. The fourth-order valence-electron chi connectivity index (χ4n) is 3.01. The zero-order chi connectivity index (χ0) is 15.5. The van der Waals surface area contributed by atoms with Gasteiger partial charge in [0.05, 0.1) is 12.6 Å². The van der Waals surface area contributed by atoms with Crippen LogP contribution >= 0.6 is 0 Å². The van der Waals surface area contributed by atoms with Crippen LogP contribution < -0.4 is 0 Å². The number of likely N-dealkylation sites (N-methyl/N-ethyl adjacent to an activating group) is 1. The van der Waals surface area contributed by atoms with Gasteiger partial charge in [0.1, 0.15) is 11.9 Å². The van der Waals surface area contributed by atoms with E-state index in [4.69, 9.17) is 4.74 Å². The Labute approximate surface area is 131 Å². The standard InChI is InChI=1S/C16H26N4O2/c1-3-19-8-9-20(10-14(19)15-17-6-7-18-15)16(21)12(2)22-11-13-4-5-13/h6-7,12-14H,3-5,8-11H2,1-2H3,(H,17,18)/t12-,14+/m1/s1. The number of nitrogens with zero attached hydrogens (tertiary/aromatic N) is 3. The lowest BCUT2D eigenvalue weighted by atomic mass is 10.1. The topological polar surface area (TPSA) is 61.5 Å². The summed E-state index contributed by atoms with van der Waals surface area (Å²) in [7, 11) is 0. The number of imidazole rings is 1. The van der Waals surface area contributed by atoms with Gasteiger partial charge in [0.25, 0.3) is 5.91 Å². The largest absolute Gasteiger partial charge is 0.368 e. The van der Waals surface area contributed by atoms with Crippen LogP contribution in [0.2, 0.25) is 0 Å². The van der Waals surface area contributed by atoms with Gasteiger partial charge < -0.3 is 14.6 Å². The predicted octanol–water partition coefficient (Wildman–Crippen LogP) is 1.43. The molecule has 6 heteroatoms. The molecule has 1 saturated carbocycles. The van der Waals surface area contributed by atoms with Crippen LogP contribution in [0.25, 0.3) is 0 Å². The molecule has 0 spiro atoms. The van der Waals surface area contributed by atoms with Gasteiger partial charge in [-0.1, -0.05) is 6.92 Å². The van der Waals surface area contributed by atoms with Crippen molar-refractivity contribution in [2.45, 2.75) is 38.8 Å². The first-order chi connectivity index (χ1) is 10.7. The van der Waals surface area contributed by atoms with Gasteiger partial charge >= 0.3 is 0 Å². The molecule has 3 rings (SSSR count). The summed E-state index contributed by atoms with van der Waals surface area (Å²) in [5, 5.41) is 0. The number of ether oxygens (including phenoxy) is 1. The maximum atomic E-state index is 12.6. The maximum Gasteiger partial charge on any atom is 0.251 e. The highest BCUT2D eigenvalue weighted by atomic mass is 16.5. The minimum Gasteiger partial charge on any atom is -0.368 e. The Morgan fingerprint density at radius 3 is 2.95 bits per heavy atom. The van der Waals surface area contributed by atoms with Gasteiger partial charge in [-0.15, -0.1) is 0 Å². The van der Waals surface area contributed by atoms with Gasteiger partial charge in [-0.05, 0) is 32.2 Å². The predicted molar refractivity (Wildman–Crippen MR) is 83.3 cm³/mol. The summed E-state index contributed by atoms with van der Waals surface area (Å²) in [4.78, 5) is 24.4. The second kappa shape index (κ2) is 6.79. The first-order valence-corrected chi connectivity index (χ1v) is 8.32. The van der Waals surface area contributed by atoms with E-state index in [1.165, 1.54) is 12.8 Å². The number of aromatic amines is 1. The Balaban J connectivity index is 1.60. The van der Waals surface area contributed by atoms with Crippen molar-refractivity contribution in [3.05, 3.63) is 18.2 Å². The Bertz CT molecular complexity index is 486. The molecule has 6 nitrogen and oxygen atoms in total. The first-order valence-electron chi connectivity index (χ1n) is 8.32. The van der Waals surface area contributed by atoms with E-state index in [1.54, 1.807) is 6.20 Å². The molecule has 1 aromatic heterocycles. The van der Waals surface area contributed by atoms with Gasteiger partial charge in [-0.25, -0.2) is 4.98 Å². The second-order valence-electron chi connectivity index (χ2n) is 6.32. The molecule has 1 aromatic rings. The van der Waals surface area contributed by atoms with Crippen molar-refractivity contribution in [3.8, 4) is 0 Å². The Morgan fingerprint density at radius 2 is 2.32 bits per heavy atom. The van der Waals surface area contributed by atoms with Crippen LogP contribution in [0, 0.1) is 5.92 Å². The SMILES string of the molecule is CCN1CCN(C(=O)[C@@H](C)OCC2CC2)C[C@H]1c1ncc[nH]1. The molecular weight excluding hydrogens is 280 g/mol. The molecule has 0 radical (unpaired) electrons. The van der Waals surface area contributed by atoms with Crippen molar-refractivity contribution in [1.29, 1.82) is 0 Å². The Morgan fingerprint density at radius 1 is 1.50 bits per heavy atom. The summed E-state index contributed by atoms with van der Waals surface area (Å²) in [6.45, 7) is 8.03. The highest BCUT2D eigenvalue weighted by Gasteiger charge is 2.33. The van der Waals surface area contributed by atoms with Crippen LogP contribution in [0.15, 0.2) is 12.4 Å². The molecule has 1 N–H and O–H groups in total. The number of carbonyl (C=O) groups excluding carboxylic acids is 1. The second-order valence-corrected chi connectivity index (χ2v) is 6.32. The molecule has 1 saturated heterocycles. The minimum atomic E-state index is -0.342. The molecule has 122 valence electrons. The lowest BCUT2D eigenvalue weighted by molar-refractivity contribution is -0.146. The van der Waals surface area contributed by atoms with E-state index in [9.17, 15) is 4.79 Å². The summed E-state index contributed by atoms with van der Waals surface area (Å²) in [6.07, 6.45) is 5.76. The fraction of sp³-hybridized carbons (Fsp3) is 0.750. The van der Waals surface area contributed by atoms with Crippen molar-refractivity contribution >= 4 is 5.91 Å². The number of carbonyl (C=O) groups is 1. The molecule has 0 aromatic carbocycles.